The minimum Gasteiger partial charge on any atom is -0.324 e. The average Bonchev–Trinajstić information content (AvgIpc) is 2.53. The van der Waals surface area contributed by atoms with Gasteiger partial charge < -0.3 is 5.73 Å². The van der Waals surface area contributed by atoms with Crippen LogP contribution in [0.3, 0.4) is 0 Å². The molecule has 2 N–H and O–H groups in total. The fourth-order valence-corrected chi connectivity index (χ4v) is 2.53. The number of halogens is 4. The van der Waals surface area contributed by atoms with Crippen molar-refractivity contribution in [3.63, 3.8) is 0 Å². The summed E-state index contributed by atoms with van der Waals surface area (Å²) in [7, 11) is 0. The normalized spacial score (nSPS) is 11.4. The molecule has 1 heterocycles. The third kappa shape index (κ3) is 3.95. The molecule has 0 aliphatic carbocycles. The Bertz CT molecular complexity index is 888. The summed E-state index contributed by atoms with van der Waals surface area (Å²) in [6.07, 6.45) is 3.13. The van der Waals surface area contributed by atoms with E-state index in [0.29, 0.717) is 10.9 Å². The molecular weight excluding hydrogens is 369 g/mol. The van der Waals surface area contributed by atoms with E-state index in [9.17, 15) is 13.6 Å². The van der Waals surface area contributed by atoms with Gasteiger partial charge in [-0.2, -0.15) is 0 Å². The maximum atomic E-state index is 14.3. The zero-order valence-corrected chi connectivity index (χ0v) is 14.8. The molecule has 0 saturated heterocycles. The van der Waals surface area contributed by atoms with Gasteiger partial charge in [-0.05, 0) is 36.1 Å². The van der Waals surface area contributed by atoms with Gasteiger partial charge in [-0.15, -0.1) is 24.8 Å². The van der Waals surface area contributed by atoms with E-state index in [1.54, 1.807) is 37.4 Å². The minimum absolute atomic E-state index is 0. The van der Waals surface area contributed by atoms with E-state index >= 15 is 0 Å². The molecule has 0 unspecified atom stereocenters. The third-order valence-corrected chi connectivity index (χ3v) is 3.74. The molecule has 3 rings (SSSR count). The number of pyridine rings is 1. The zero-order valence-electron chi connectivity index (χ0n) is 13.2. The topological polar surface area (TPSA) is 56.0 Å². The highest BCUT2D eigenvalue weighted by atomic mass is 35.5. The first-order valence-corrected chi connectivity index (χ1v) is 7.11. The van der Waals surface area contributed by atoms with Crippen molar-refractivity contribution in [3.05, 3.63) is 77.1 Å². The first-order valence-electron chi connectivity index (χ1n) is 7.11. The molecule has 0 aliphatic rings. The molecule has 0 amide bonds. The second-order valence-corrected chi connectivity index (χ2v) is 5.38. The van der Waals surface area contributed by atoms with E-state index in [0.717, 1.165) is 17.5 Å². The fourth-order valence-electron chi connectivity index (χ4n) is 2.53. The fraction of sp³-hybridized carbons (Fsp3) is 0.111. The van der Waals surface area contributed by atoms with Crippen LogP contribution in [0.15, 0.2) is 48.8 Å². The van der Waals surface area contributed by atoms with Crippen LogP contribution in [0.4, 0.5) is 8.78 Å². The Hall–Kier alpha value is -2.08. The summed E-state index contributed by atoms with van der Waals surface area (Å²) >= 11 is 0. The van der Waals surface area contributed by atoms with E-state index in [1.165, 1.54) is 6.20 Å². The SMILES string of the molecule is C[C@H](N)c1cc(F)c(C(=O)c2cccc3cnccc23)c(F)c1.Cl.Cl. The molecule has 25 heavy (non-hydrogen) atoms. The maximum absolute atomic E-state index is 14.3. The Morgan fingerprint density at radius 3 is 2.36 bits per heavy atom. The van der Waals surface area contributed by atoms with Crippen molar-refractivity contribution in [3.8, 4) is 0 Å². The molecule has 0 aliphatic heterocycles. The Morgan fingerprint density at radius 2 is 1.76 bits per heavy atom. The van der Waals surface area contributed by atoms with Gasteiger partial charge in [0, 0.05) is 29.4 Å². The van der Waals surface area contributed by atoms with Crippen LogP contribution in [0.5, 0.6) is 0 Å². The molecule has 0 fully saturated rings. The van der Waals surface area contributed by atoms with Crippen molar-refractivity contribution >= 4 is 41.4 Å². The smallest absolute Gasteiger partial charge is 0.199 e. The maximum Gasteiger partial charge on any atom is 0.199 e. The lowest BCUT2D eigenvalue weighted by Crippen LogP contribution is -2.12. The summed E-state index contributed by atoms with van der Waals surface area (Å²) in [6, 6.07) is 8.32. The van der Waals surface area contributed by atoms with Gasteiger partial charge in [-0.3, -0.25) is 9.78 Å². The van der Waals surface area contributed by atoms with Crippen molar-refractivity contribution in [2.75, 3.05) is 0 Å². The molecule has 7 heteroatoms. The average molecular weight is 385 g/mol. The number of aromatic nitrogens is 1. The number of carbonyl (C=O) groups excluding carboxylic acids is 1. The Morgan fingerprint density at radius 1 is 1.12 bits per heavy atom. The van der Waals surface area contributed by atoms with E-state index in [-0.39, 0.29) is 30.4 Å². The molecule has 2 aromatic carbocycles. The number of nitrogens with two attached hydrogens (primary N) is 1. The summed E-state index contributed by atoms with van der Waals surface area (Å²) in [4.78, 5) is 16.6. The van der Waals surface area contributed by atoms with Gasteiger partial charge in [0.05, 0.1) is 5.56 Å². The van der Waals surface area contributed by atoms with Crippen molar-refractivity contribution in [1.29, 1.82) is 0 Å². The van der Waals surface area contributed by atoms with Crippen LogP contribution in [0, 0.1) is 11.6 Å². The molecule has 0 saturated carbocycles. The lowest BCUT2D eigenvalue weighted by atomic mass is 9.96. The van der Waals surface area contributed by atoms with E-state index in [4.69, 9.17) is 5.73 Å². The molecule has 0 radical (unpaired) electrons. The Balaban J connectivity index is 0.00000156. The minimum atomic E-state index is -0.909. The summed E-state index contributed by atoms with van der Waals surface area (Å²) in [5.74, 6) is -2.52. The molecule has 3 nitrogen and oxygen atoms in total. The van der Waals surface area contributed by atoms with Crippen LogP contribution in [-0.4, -0.2) is 10.8 Å². The molecule has 0 spiro atoms. The number of ketones is 1. The van der Waals surface area contributed by atoms with Gasteiger partial charge in [0.1, 0.15) is 11.6 Å². The number of fused-ring (bicyclic) bond motifs is 1. The van der Waals surface area contributed by atoms with Crippen LogP contribution in [0.1, 0.15) is 34.5 Å². The number of hydrogen-bond donors (Lipinski definition) is 1. The highest BCUT2D eigenvalue weighted by molar-refractivity contribution is 6.16. The zero-order chi connectivity index (χ0) is 16.6. The largest absolute Gasteiger partial charge is 0.324 e. The predicted octanol–water partition coefficient (Wildman–Crippen LogP) is 4.61. The lowest BCUT2D eigenvalue weighted by Gasteiger charge is -2.11. The van der Waals surface area contributed by atoms with Crippen molar-refractivity contribution in [2.45, 2.75) is 13.0 Å². The Kier molecular flexibility index (Phi) is 6.99. The number of rotatable bonds is 3. The molecular formula is C18H16Cl2F2N2O. The molecule has 3 aromatic rings. The number of benzene rings is 2. The molecule has 1 aromatic heterocycles. The van der Waals surface area contributed by atoms with Gasteiger partial charge in [-0.1, -0.05) is 18.2 Å². The summed E-state index contributed by atoms with van der Waals surface area (Å²) in [5, 5.41) is 1.33. The summed E-state index contributed by atoms with van der Waals surface area (Å²) in [6.45, 7) is 1.62. The molecule has 132 valence electrons. The quantitative estimate of drug-likeness (QED) is 0.670. The van der Waals surface area contributed by atoms with Gasteiger partial charge in [0.2, 0.25) is 0 Å². The van der Waals surface area contributed by atoms with Crippen molar-refractivity contribution < 1.29 is 13.6 Å². The number of nitrogens with zero attached hydrogens (tertiary/aromatic N) is 1. The highest BCUT2D eigenvalue weighted by Crippen LogP contribution is 2.25. The van der Waals surface area contributed by atoms with Crippen LogP contribution in [0.25, 0.3) is 10.8 Å². The Labute approximate surface area is 156 Å². The summed E-state index contributed by atoms with van der Waals surface area (Å²) in [5.41, 5.74) is 5.60. The second-order valence-electron chi connectivity index (χ2n) is 5.38. The monoisotopic (exact) mass is 384 g/mol. The van der Waals surface area contributed by atoms with Crippen LogP contribution >= 0.6 is 24.8 Å². The number of hydrogen-bond acceptors (Lipinski definition) is 3. The highest BCUT2D eigenvalue weighted by Gasteiger charge is 2.22. The third-order valence-electron chi connectivity index (χ3n) is 3.74. The first-order chi connectivity index (χ1) is 11.0. The van der Waals surface area contributed by atoms with E-state index < -0.39 is 29.0 Å². The molecule has 0 bridgehead atoms. The van der Waals surface area contributed by atoms with Crippen LogP contribution < -0.4 is 5.73 Å². The van der Waals surface area contributed by atoms with Gasteiger partial charge in [0.25, 0.3) is 0 Å². The van der Waals surface area contributed by atoms with Crippen LogP contribution in [0.2, 0.25) is 0 Å². The number of carbonyl (C=O) groups is 1. The van der Waals surface area contributed by atoms with Gasteiger partial charge >= 0.3 is 0 Å². The summed E-state index contributed by atoms with van der Waals surface area (Å²) < 4.78 is 28.6. The predicted molar refractivity (Wildman–Crippen MR) is 98.6 cm³/mol. The van der Waals surface area contributed by atoms with Gasteiger partial charge in [0.15, 0.2) is 5.78 Å². The van der Waals surface area contributed by atoms with Crippen molar-refractivity contribution in [2.24, 2.45) is 5.73 Å². The first kappa shape index (κ1) is 21.0. The lowest BCUT2D eigenvalue weighted by molar-refractivity contribution is 0.103. The van der Waals surface area contributed by atoms with E-state index in [2.05, 4.69) is 4.98 Å². The van der Waals surface area contributed by atoms with Gasteiger partial charge in [-0.25, -0.2) is 8.78 Å². The van der Waals surface area contributed by atoms with Crippen molar-refractivity contribution in [1.82, 2.24) is 4.98 Å². The molecule has 1 atom stereocenters. The van der Waals surface area contributed by atoms with E-state index in [1.807, 2.05) is 0 Å². The second kappa shape index (κ2) is 8.34. The van der Waals surface area contributed by atoms with Crippen LogP contribution in [-0.2, 0) is 0 Å². The standard InChI is InChI=1S/C18H14F2N2O.2ClH/c1-10(21)12-7-15(19)17(16(20)8-12)18(23)14-4-2-3-11-9-22-6-5-13(11)14;;/h2-10H,21H2,1H3;2*1H/t10-;;/m0../s1.